The smallest absolute Gasteiger partial charge is 0.201 e. The van der Waals surface area contributed by atoms with E-state index in [2.05, 4.69) is 42.7 Å². The number of hydrogen-bond acceptors (Lipinski definition) is 5. The number of hydrogen-bond donors (Lipinski definition) is 2. The van der Waals surface area contributed by atoms with Crippen molar-refractivity contribution >= 4 is 27.2 Å². The largest absolute Gasteiger partial charge is 0.395 e. The Labute approximate surface area is 183 Å². The number of aromatic nitrogens is 1. The van der Waals surface area contributed by atoms with Crippen LogP contribution in [0.5, 0.6) is 0 Å². The second-order valence-electron chi connectivity index (χ2n) is 7.65. The molecule has 1 heterocycles. The van der Waals surface area contributed by atoms with Crippen molar-refractivity contribution in [1.82, 2.24) is 9.56 Å². The van der Waals surface area contributed by atoms with Gasteiger partial charge in [0.2, 0.25) is 5.36 Å². The molecule has 5 nitrogen and oxygen atoms in total. The highest BCUT2D eigenvalue weighted by Gasteiger charge is 2.13. The van der Waals surface area contributed by atoms with Gasteiger partial charge in [-0.15, -0.1) is 11.3 Å². The molecule has 3 rings (SSSR count). The summed E-state index contributed by atoms with van der Waals surface area (Å²) in [6.07, 6.45) is 4.81. The highest BCUT2D eigenvalue weighted by atomic mass is 32.1. The van der Waals surface area contributed by atoms with Crippen molar-refractivity contribution in [3.63, 3.8) is 0 Å². The first-order valence-electron chi connectivity index (χ1n) is 11.1. The standard InChI is InChI=1S/C24H34N3O2S/c1-3-5-11-26(12-6-4-2)19-7-9-21-23(17-19)30-24-18-20(8-10-22(24)25-21)27(13-15-28)14-16-29/h7-10,17-18,28-29H,3-6,11-16H2,1-2H3/q+1. The van der Waals surface area contributed by atoms with E-state index in [0.717, 1.165) is 34.7 Å². The zero-order chi connectivity index (χ0) is 21.3. The monoisotopic (exact) mass is 428 g/mol. The van der Waals surface area contributed by atoms with Gasteiger partial charge in [0.25, 0.3) is 0 Å². The minimum Gasteiger partial charge on any atom is -0.395 e. The molecule has 1 aliphatic carbocycles. The molecular formula is C24H34N3O2S+. The Hall–Kier alpha value is -2.02. The van der Waals surface area contributed by atoms with Crippen LogP contribution in [0.2, 0.25) is 0 Å². The molecule has 30 heavy (non-hydrogen) atoms. The molecule has 2 aliphatic rings. The normalized spacial score (nSPS) is 11.3. The Balaban J connectivity index is 2.06. The predicted octanol–water partition coefficient (Wildman–Crippen LogP) is 3.56. The Kier molecular flexibility index (Phi) is 8.61. The van der Waals surface area contributed by atoms with Crippen LogP contribution in [0, 0.1) is 0 Å². The van der Waals surface area contributed by atoms with Gasteiger partial charge in [0.15, 0.2) is 0 Å². The molecule has 0 aromatic heterocycles. The number of anilines is 1. The predicted molar refractivity (Wildman–Crippen MR) is 127 cm³/mol. The quantitative estimate of drug-likeness (QED) is 0.362. The van der Waals surface area contributed by atoms with E-state index in [4.69, 9.17) is 4.98 Å². The van der Waals surface area contributed by atoms with Crippen molar-refractivity contribution < 1.29 is 10.2 Å². The summed E-state index contributed by atoms with van der Waals surface area (Å²) in [7, 11) is 0. The summed E-state index contributed by atoms with van der Waals surface area (Å²) >= 11 is 1.76. The van der Waals surface area contributed by atoms with Crippen LogP contribution >= 0.6 is 11.3 Å². The molecule has 0 atom stereocenters. The molecule has 0 unspecified atom stereocenters. The van der Waals surface area contributed by atoms with Gasteiger partial charge in [0, 0.05) is 43.8 Å². The summed E-state index contributed by atoms with van der Waals surface area (Å²) in [4.78, 5) is 8.06. The maximum Gasteiger partial charge on any atom is 0.201 e. The Morgan fingerprint density at radius 2 is 1.63 bits per heavy atom. The van der Waals surface area contributed by atoms with Crippen LogP contribution in [-0.2, 0) is 0 Å². The van der Waals surface area contributed by atoms with Gasteiger partial charge in [-0.1, -0.05) is 26.7 Å². The van der Waals surface area contributed by atoms with Crippen LogP contribution in [0.25, 0.3) is 20.8 Å². The van der Waals surface area contributed by atoms with Gasteiger partial charge < -0.3 is 15.1 Å². The van der Waals surface area contributed by atoms with Crippen LogP contribution in [0.1, 0.15) is 39.5 Å². The molecule has 0 radical (unpaired) electrons. The highest BCUT2D eigenvalue weighted by molar-refractivity contribution is 7.21. The van der Waals surface area contributed by atoms with E-state index in [-0.39, 0.29) is 13.2 Å². The van der Waals surface area contributed by atoms with Crippen molar-refractivity contribution in [2.45, 2.75) is 39.5 Å². The molecule has 162 valence electrons. The van der Waals surface area contributed by atoms with Crippen LogP contribution in [-0.4, -0.2) is 54.6 Å². The molecule has 1 aromatic carbocycles. The minimum absolute atomic E-state index is 0.0617. The zero-order valence-electron chi connectivity index (χ0n) is 18.2. The number of fused-ring (bicyclic) bond motifs is 2. The number of nitrogens with zero attached hydrogens (tertiary/aromatic N) is 3. The SMILES string of the molecule is CCCC[N+](CCCC)=c1ccc2nc3ccc(N(CCO)CCO)cc3sc-2c1. The van der Waals surface area contributed by atoms with Gasteiger partial charge in [-0.2, -0.15) is 0 Å². The van der Waals surface area contributed by atoms with E-state index in [9.17, 15) is 10.2 Å². The lowest BCUT2D eigenvalue weighted by Crippen LogP contribution is -2.31. The minimum atomic E-state index is 0.0617. The fraction of sp³-hybridized carbons (Fsp3) is 0.500. The maximum absolute atomic E-state index is 9.35. The van der Waals surface area contributed by atoms with Gasteiger partial charge in [0.05, 0.1) is 34.0 Å². The fourth-order valence-electron chi connectivity index (χ4n) is 3.67. The van der Waals surface area contributed by atoms with Crippen LogP contribution < -0.4 is 14.8 Å². The molecule has 0 fully saturated rings. The van der Waals surface area contributed by atoms with Crippen molar-refractivity contribution in [2.24, 2.45) is 0 Å². The van der Waals surface area contributed by atoms with E-state index in [1.54, 1.807) is 11.3 Å². The van der Waals surface area contributed by atoms with Gasteiger partial charge in [-0.3, -0.25) is 0 Å². The van der Waals surface area contributed by atoms with E-state index >= 15 is 0 Å². The molecule has 1 aromatic rings. The first kappa shape index (κ1) is 22.7. The third-order valence-corrected chi connectivity index (χ3v) is 6.47. The number of benzene rings is 2. The van der Waals surface area contributed by atoms with E-state index < -0.39 is 0 Å². The highest BCUT2D eigenvalue weighted by Crippen LogP contribution is 2.31. The lowest BCUT2D eigenvalue weighted by atomic mass is 10.2. The first-order chi connectivity index (χ1) is 14.7. The average molecular weight is 429 g/mol. The van der Waals surface area contributed by atoms with Crippen molar-refractivity contribution in [3.05, 3.63) is 41.8 Å². The van der Waals surface area contributed by atoms with Crippen molar-refractivity contribution in [2.75, 3.05) is 44.3 Å². The molecule has 0 spiro atoms. The maximum atomic E-state index is 9.35. The Morgan fingerprint density at radius 1 is 0.933 bits per heavy atom. The summed E-state index contributed by atoms with van der Waals surface area (Å²) in [5, 5.41) is 20.0. The van der Waals surface area contributed by atoms with Gasteiger partial charge in [-0.05, 0) is 24.3 Å². The first-order valence-corrected chi connectivity index (χ1v) is 11.9. The summed E-state index contributed by atoms with van der Waals surface area (Å²) in [5.74, 6) is 0. The lowest BCUT2D eigenvalue weighted by molar-refractivity contribution is 0.281. The third-order valence-electron chi connectivity index (χ3n) is 5.38. The van der Waals surface area contributed by atoms with E-state index in [1.807, 2.05) is 17.0 Å². The molecule has 0 saturated carbocycles. The molecule has 0 saturated heterocycles. The van der Waals surface area contributed by atoms with Gasteiger partial charge in [0.1, 0.15) is 13.1 Å². The van der Waals surface area contributed by atoms with Crippen molar-refractivity contribution in [3.8, 4) is 10.6 Å². The fourth-order valence-corrected chi connectivity index (χ4v) is 4.71. The molecule has 1 aliphatic heterocycles. The topological polar surface area (TPSA) is 59.6 Å². The van der Waals surface area contributed by atoms with Gasteiger partial charge in [-0.25, -0.2) is 9.56 Å². The second-order valence-corrected chi connectivity index (χ2v) is 8.73. The summed E-state index contributed by atoms with van der Waals surface area (Å²) in [5.41, 5.74) is 3.01. The number of aliphatic hydroxyl groups is 2. The molecule has 0 amide bonds. The van der Waals surface area contributed by atoms with Crippen molar-refractivity contribution in [1.29, 1.82) is 0 Å². The average Bonchev–Trinajstić information content (AvgIpc) is 2.77. The number of aliphatic hydroxyl groups excluding tert-OH is 2. The number of unbranched alkanes of at least 4 members (excludes halogenated alkanes) is 2. The Bertz CT molecular complexity index is 970. The summed E-state index contributed by atoms with van der Waals surface area (Å²) in [6.45, 7) is 7.80. The molecule has 2 N–H and O–H groups in total. The summed E-state index contributed by atoms with van der Waals surface area (Å²) < 4.78 is 3.62. The third kappa shape index (κ3) is 5.56. The van der Waals surface area contributed by atoms with Crippen LogP contribution in [0.4, 0.5) is 5.69 Å². The number of rotatable bonds is 11. The van der Waals surface area contributed by atoms with Crippen LogP contribution in [0.15, 0.2) is 36.4 Å². The van der Waals surface area contributed by atoms with E-state index in [0.29, 0.717) is 13.1 Å². The Morgan fingerprint density at radius 3 is 2.27 bits per heavy atom. The second kappa shape index (κ2) is 11.4. The van der Waals surface area contributed by atoms with Crippen LogP contribution in [0.3, 0.4) is 0 Å². The van der Waals surface area contributed by atoms with Gasteiger partial charge >= 0.3 is 0 Å². The molecule has 6 heteroatoms. The summed E-state index contributed by atoms with van der Waals surface area (Å²) in [6, 6.07) is 12.8. The van der Waals surface area contributed by atoms with E-state index in [1.165, 1.54) is 35.9 Å². The molecule has 0 bridgehead atoms. The molecular weight excluding hydrogens is 394 g/mol. The lowest BCUT2D eigenvalue weighted by Gasteiger charge is -2.23. The zero-order valence-corrected chi connectivity index (χ0v) is 19.0.